The Labute approximate surface area is 89.7 Å². The van der Waals surface area contributed by atoms with E-state index in [0.717, 1.165) is 24.1 Å². The average Bonchev–Trinajstić information content (AvgIpc) is 2.87. The Bertz CT molecular complexity index is 408. The van der Waals surface area contributed by atoms with Gasteiger partial charge in [0.25, 0.3) is 0 Å². The Hall–Kier alpha value is -1.35. The first-order chi connectivity index (χ1) is 7.01. The molecule has 0 spiro atoms. The number of carbonyl (C=O) groups is 1. The summed E-state index contributed by atoms with van der Waals surface area (Å²) in [5, 5.41) is 2.83. The van der Waals surface area contributed by atoms with Gasteiger partial charge in [-0.3, -0.25) is 4.79 Å². The van der Waals surface area contributed by atoms with Crippen molar-refractivity contribution >= 4 is 11.6 Å². The summed E-state index contributed by atoms with van der Waals surface area (Å²) in [6, 6.07) is 5.98. The summed E-state index contributed by atoms with van der Waals surface area (Å²) in [5.41, 5.74) is 9.06. The monoisotopic (exact) mass is 204 g/mol. The van der Waals surface area contributed by atoms with Gasteiger partial charge in [0.05, 0.1) is 0 Å². The molecule has 0 aromatic heterocycles. The van der Waals surface area contributed by atoms with E-state index < -0.39 is 0 Å². The number of carbonyl (C=O) groups excluding carboxylic acids is 1. The second kappa shape index (κ2) is 3.35. The van der Waals surface area contributed by atoms with Crippen molar-refractivity contribution in [2.45, 2.75) is 32.2 Å². The number of nitrogens with two attached hydrogens (primary N) is 1. The maximum Gasteiger partial charge on any atom is 0.221 e. The van der Waals surface area contributed by atoms with Crippen molar-refractivity contribution in [3.63, 3.8) is 0 Å². The molecule has 1 saturated carbocycles. The predicted octanol–water partition coefficient (Wildman–Crippen LogP) is 1.90. The van der Waals surface area contributed by atoms with Crippen LogP contribution in [0.2, 0.25) is 0 Å². The zero-order valence-electron chi connectivity index (χ0n) is 9.13. The lowest BCUT2D eigenvalue weighted by molar-refractivity contribution is -0.114. The molecule has 15 heavy (non-hydrogen) atoms. The first-order valence-corrected chi connectivity index (χ1v) is 5.19. The van der Waals surface area contributed by atoms with Crippen molar-refractivity contribution in [1.29, 1.82) is 0 Å². The van der Waals surface area contributed by atoms with Gasteiger partial charge < -0.3 is 11.1 Å². The zero-order chi connectivity index (χ0) is 11.1. The molecule has 3 nitrogen and oxygen atoms in total. The highest BCUT2D eigenvalue weighted by molar-refractivity contribution is 5.90. The van der Waals surface area contributed by atoms with Crippen LogP contribution in [0.5, 0.6) is 0 Å². The summed E-state index contributed by atoms with van der Waals surface area (Å²) < 4.78 is 0. The maximum absolute atomic E-state index is 11.0. The molecule has 1 aromatic carbocycles. The molecule has 0 atom stereocenters. The SMILES string of the molecule is CC(=O)Nc1ccc(C)cc1C1(N)CC1. The smallest absolute Gasteiger partial charge is 0.221 e. The summed E-state index contributed by atoms with van der Waals surface area (Å²) in [5.74, 6) is -0.0515. The van der Waals surface area contributed by atoms with Crippen molar-refractivity contribution in [1.82, 2.24) is 0 Å². The Morgan fingerprint density at radius 1 is 1.47 bits per heavy atom. The van der Waals surface area contributed by atoms with E-state index in [2.05, 4.69) is 11.4 Å². The van der Waals surface area contributed by atoms with Crippen LogP contribution in [-0.2, 0) is 10.3 Å². The van der Waals surface area contributed by atoms with Gasteiger partial charge in [-0.1, -0.05) is 17.7 Å². The Morgan fingerprint density at radius 2 is 2.13 bits per heavy atom. The van der Waals surface area contributed by atoms with E-state index in [-0.39, 0.29) is 11.4 Å². The van der Waals surface area contributed by atoms with E-state index >= 15 is 0 Å². The summed E-state index contributed by atoms with van der Waals surface area (Å²) in [6.45, 7) is 3.55. The van der Waals surface area contributed by atoms with Crippen molar-refractivity contribution in [2.24, 2.45) is 5.73 Å². The van der Waals surface area contributed by atoms with Crippen LogP contribution < -0.4 is 11.1 Å². The second-order valence-corrected chi connectivity index (χ2v) is 4.39. The van der Waals surface area contributed by atoms with Crippen molar-refractivity contribution in [3.8, 4) is 0 Å². The number of aryl methyl sites for hydroxylation is 1. The molecule has 1 amide bonds. The molecule has 2 rings (SSSR count). The highest BCUT2D eigenvalue weighted by atomic mass is 16.1. The van der Waals surface area contributed by atoms with Crippen molar-refractivity contribution < 1.29 is 4.79 Å². The van der Waals surface area contributed by atoms with Gasteiger partial charge in [0, 0.05) is 18.2 Å². The number of hydrogen-bond acceptors (Lipinski definition) is 2. The first kappa shape index (κ1) is 10.2. The van der Waals surface area contributed by atoms with Gasteiger partial charge in [-0.2, -0.15) is 0 Å². The molecule has 1 aliphatic rings. The number of hydrogen-bond donors (Lipinski definition) is 2. The fourth-order valence-electron chi connectivity index (χ4n) is 1.77. The molecule has 1 fully saturated rings. The minimum Gasteiger partial charge on any atom is -0.326 e. The van der Waals surface area contributed by atoms with Crippen LogP contribution in [0.15, 0.2) is 18.2 Å². The van der Waals surface area contributed by atoms with E-state index in [1.54, 1.807) is 0 Å². The molecule has 1 aromatic rings. The standard InChI is InChI=1S/C12H16N2O/c1-8-3-4-11(14-9(2)15)10(7-8)12(13)5-6-12/h3-4,7H,5-6,13H2,1-2H3,(H,14,15). The molecule has 1 aliphatic carbocycles. The van der Waals surface area contributed by atoms with Crippen LogP contribution in [0, 0.1) is 6.92 Å². The molecule has 0 aliphatic heterocycles. The molecule has 0 bridgehead atoms. The number of nitrogens with one attached hydrogen (secondary N) is 1. The zero-order valence-corrected chi connectivity index (χ0v) is 9.13. The van der Waals surface area contributed by atoms with E-state index in [9.17, 15) is 4.79 Å². The number of amides is 1. The quantitative estimate of drug-likeness (QED) is 0.773. The molecular weight excluding hydrogens is 188 g/mol. The summed E-state index contributed by atoms with van der Waals surface area (Å²) >= 11 is 0. The van der Waals surface area contributed by atoms with E-state index in [4.69, 9.17) is 5.73 Å². The van der Waals surface area contributed by atoms with Gasteiger partial charge in [-0.15, -0.1) is 0 Å². The van der Waals surface area contributed by atoms with Crippen LogP contribution in [0.4, 0.5) is 5.69 Å². The van der Waals surface area contributed by atoms with Gasteiger partial charge in [0.15, 0.2) is 0 Å². The third-order valence-electron chi connectivity index (χ3n) is 2.81. The second-order valence-electron chi connectivity index (χ2n) is 4.39. The van der Waals surface area contributed by atoms with Crippen LogP contribution >= 0.6 is 0 Å². The van der Waals surface area contributed by atoms with Crippen LogP contribution in [0.25, 0.3) is 0 Å². The minimum absolute atomic E-state index is 0.0515. The third kappa shape index (κ3) is 2.02. The van der Waals surface area contributed by atoms with Crippen molar-refractivity contribution in [3.05, 3.63) is 29.3 Å². The molecular formula is C12H16N2O. The van der Waals surface area contributed by atoms with Crippen molar-refractivity contribution in [2.75, 3.05) is 5.32 Å². The lowest BCUT2D eigenvalue weighted by Crippen LogP contribution is -2.22. The van der Waals surface area contributed by atoms with Gasteiger partial charge in [-0.05, 0) is 31.4 Å². The summed E-state index contributed by atoms with van der Waals surface area (Å²) in [4.78, 5) is 11.0. The van der Waals surface area contributed by atoms with Crippen LogP contribution in [0.1, 0.15) is 30.9 Å². The number of rotatable bonds is 2. The van der Waals surface area contributed by atoms with Crippen LogP contribution in [-0.4, -0.2) is 5.91 Å². The Morgan fingerprint density at radius 3 is 2.67 bits per heavy atom. The fourth-order valence-corrected chi connectivity index (χ4v) is 1.77. The minimum atomic E-state index is -0.205. The van der Waals surface area contributed by atoms with Gasteiger partial charge >= 0.3 is 0 Å². The van der Waals surface area contributed by atoms with E-state index in [0.29, 0.717) is 0 Å². The molecule has 3 N–H and O–H groups in total. The van der Waals surface area contributed by atoms with E-state index in [1.165, 1.54) is 12.5 Å². The number of anilines is 1. The van der Waals surface area contributed by atoms with E-state index in [1.807, 2.05) is 19.1 Å². The highest BCUT2D eigenvalue weighted by Gasteiger charge is 2.41. The lowest BCUT2D eigenvalue weighted by Gasteiger charge is -2.16. The average molecular weight is 204 g/mol. The third-order valence-corrected chi connectivity index (χ3v) is 2.81. The highest BCUT2D eigenvalue weighted by Crippen LogP contribution is 2.45. The lowest BCUT2D eigenvalue weighted by atomic mass is 10.0. The molecule has 0 unspecified atom stereocenters. The first-order valence-electron chi connectivity index (χ1n) is 5.19. The predicted molar refractivity (Wildman–Crippen MR) is 60.6 cm³/mol. The molecule has 0 radical (unpaired) electrons. The van der Waals surface area contributed by atoms with Gasteiger partial charge in [0.2, 0.25) is 5.91 Å². The van der Waals surface area contributed by atoms with Crippen LogP contribution in [0.3, 0.4) is 0 Å². The molecule has 3 heteroatoms. The largest absolute Gasteiger partial charge is 0.326 e. The maximum atomic E-state index is 11.0. The number of benzene rings is 1. The van der Waals surface area contributed by atoms with Gasteiger partial charge in [0.1, 0.15) is 0 Å². The molecule has 80 valence electrons. The Balaban J connectivity index is 2.40. The summed E-state index contributed by atoms with van der Waals surface area (Å²) in [7, 11) is 0. The molecule has 0 saturated heterocycles. The summed E-state index contributed by atoms with van der Waals surface area (Å²) in [6.07, 6.45) is 2.01. The Kier molecular flexibility index (Phi) is 2.27. The fraction of sp³-hybridized carbons (Fsp3) is 0.417. The molecule has 0 heterocycles. The normalized spacial score (nSPS) is 17.3. The van der Waals surface area contributed by atoms with Gasteiger partial charge in [-0.25, -0.2) is 0 Å². The topological polar surface area (TPSA) is 55.1 Å².